The molecule has 7 heteroatoms. The van der Waals surface area contributed by atoms with E-state index < -0.39 is 17.2 Å². The number of aliphatic hydroxyl groups is 2. The van der Waals surface area contributed by atoms with Crippen molar-refractivity contribution >= 4 is 10.9 Å². The Kier molecular flexibility index (Phi) is 6.50. The molecular formula is C31H42F2N2O3. The van der Waals surface area contributed by atoms with E-state index in [1.807, 2.05) is 0 Å². The topological polar surface area (TPSA) is 86.2 Å². The van der Waals surface area contributed by atoms with Crippen molar-refractivity contribution in [3.05, 3.63) is 39.9 Å². The Hall–Kier alpha value is -1.86. The molecule has 1 aromatic heterocycles. The lowest BCUT2D eigenvalue weighted by Crippen LogP contribution is -2.58. The Morgan fingerprint density at radius 1 is 1.03 bits per heavy atom. The number of nitrogens with one attached hydrogen (secondary N) is 1. The molecule has 0 amide bonds. The summed E-state index contributed by atoms with van der Waals surface area (Å²) in [7, 11) is 0. The third-order valence-electron chi connectivity index (χ3n) is 12.0. The van der Waals surface area contributed by atoms with Crippen molar-refractivity contribution in [1.82, 2.24) is 9.97 Å². The third kappa shape index (κ3) is 4.06. The minimum atomic E-state index is -1.04. The zero-order chi connectivity index (χ0) is 27.0. The number of H-pyrrole nitrogens is 1. The third-order valence-corrected chi connectivity index (χ3v) is 12.0. The van der Waals surface area contributed by atoms with E-state index in [2.05, 4.69) is 30.7 Å². The van der Waals surface area contributed by atoms with Crippen LogP contribution in [0.3, 0.4) is 0 Å². The van der Waals surface area contributed by atoms with Crippen molar-refractivity contribution in [1.29, 1.82) is 0 Å². The number of aliphatic hydroxyl groups excluding tert-OH is 2. The second-order valence-corrected chi connectivity index (χ2v) is 13.8. The molecule has 6 rings (SSSR count). The molecule has 208 valence electrons. The molecule has 0 radical (unpaired) electrons. The van der Waals surface area contributed by atoms with Crippen LogP contribution >= 0.6 is 0 Å². The van der Waals surface area contributed by atoms with E-state index in [-0.39, 0.29) is 33.9 Å². The SMILES string of the molecule is C[C@H](CCc1nc2cc(F)c(F)cc2c(=O)[nH]1)[C@H]1CC[C@H]2[C@H]3C(CC[C@]12C)[C@@]1(C)CC[C@@H](O)C[C@H]1C[C@@H]3O. The lowest BCUT2D eigenvalue weighted by molar-refractivity contribution is -0.174. The lowest BCUT2D eigenvalue weighted by atomic mass is 9.43. The standard InChI is InChI=1S/C31H42F2N2O3/c1-16(4-7-27-34-25-15-24(33)23(32)14-19(25)29(38)35-27)20-5-6-21-28-22(9-11-31(20,21)3)30(2)10-8-18(36)12-17(30)13-26(28)37/h14-18,20-22,26,28,36-37H,4-13H2,1-3H3,(H,34,35,38)/t16-,17+,18-,20-,21+,22?,26+,28+,30+,31-/m1/s1. The van der Waals surface area contributed by atoms with Gasteiger partial charge in [0.25, 0.3) is 5.56 Å². The van der Waals surface area contributed by atoms with Crippen LogP contribution in [-0.4, -0.2) is 32.4 Å². The molecule has 5 nitrogen and oxygen atoms in total. The van der Waals surface area contributed by atoms with Gasteiger partial charge in [-0.2, -0.15) is 0 Å². The molecule has 0 bridgehead atoms. The molecule has 2 aromatic rings. The number of fused-ring (bicyclic) bond motifs is 6. The summed E-state index contributed by atoms with van der Waals surface area (Å²) in [5.74, 6) is 1.26. The zero-order valence-electron chi connectivity index (χ0n) is 22.9. The van der Waals surface area contributed by atoms with Crippen molar-refractivity contribution in [3.8, 4) is 0 Å². The van der Waals surface area contributed by atoms with Crippen molar-refractivity contribution in [3.63, 3.8) is 0 Å². The molecule has 3 N–H and O–H groups in total. The normalized spacial score (nSPS) is 41.4. The maximum absolute atomic E-state index is 13.8. The highest BCUT2D eigenvalue weighted by atomic mass is 19.2. The van der Waals surface area contributed by atoms with Crippen LogP contribution in [-0.2, 0) is 6.42 Å². The fourth-order valence-electron chi connectivity index (χ4n) is 10.0. The van der Waals surface area contributed by atoms with Gasteiger partial charge in [-0.15, -0.1) is 0 Å². The first-order chi connectivity index (χ1) is 18.0. The van der Waals surface area contributed by atoms with E-state index >= 15 is 0 Å². The summed E-state index contributed by atoms with van der Waals surface area (Å²) in [6.07, 6.45) is 9.23. The highest BCUT2D eigenvalue weighted by Gasteiger charge is 2.62. The van der Waals surface area contributed by atoms with Gasteiger partial charge in [0.05, 0.1) is 23.1 Å². The van der Waals surface area contributed by atoms with Gasteiger partial charge >= 0.3 is 0 Å². The molecule has 4 saturated carbocycles. The summed E-state index contributed by atoms with van der Waals surface area (Å²) in [6.45, 7) is 7.21. The minimum Gasteiger partial charge on any atom is -0.393 e. The molecule has 4 aliphatic rings. The average Bonchev–Trinajstić information content (AvgIpc) is 3.22. The van der Waals surface area contributed by atoms with Crippen LogP contribution in [0, 0.1) is 58.0 Å². The average molecular weight is 529 g/mol. The van der Waals surface area contributed by atoms with Crippen LogP contribution in [0.5, 0.6) is 0 Å². The van der Waals surface area contributed by atoms with E-state index in [0.29, 0.717) is 47.8 Å². The number of rotatable bonds is 4. The Balaban J connectivity index is 1.18. The van der Waals surface area contributed by atoms with E-state index in [1.54, 1.807) is 0 Å². The van der Waals surface area contributed by atoms with Gasteiger partial charge in [-0.1, -0.05) is 20.8 Å². The fraction of sp³-hybridized carbons (Fsp3) is 0.742. The molecule has 10 atom stereocenters. The van der Waals surface area contributed by atoms with Gasteiger partial charge in [-0.3, -0.25) is 4.79 Å². The molecule has 1 aromatic carbocycles. The number of hydrogen-bond donors (Lipinski definition) is 3. The minimum absolute atomic E-state index is 0.0676. The largest absolute Gasteiger partial charge is 0.393 e. The first kappa shape index (κ1) is 26.4. The van der Waals surface area contributed by atoms with Crippen molar-refractivity contribution < 1.29 is 19.0 Å². The van der Waals surface area contributed by atoms with Crippen LogP contribution in [0.1, 0.15) is 84.4 Å². The Bertz CT molecular complexity index is 1280. The summed E-state index contributed by atoms with van der Waals surface area (Å²) in [5, 5.41) is 21.8. The van der Waals surface area contributed by atoms with Crippen molar-refractivity contribution in [2.75, 3.05) is 0 Å². The number of benzene rings is 1. The van der Waals surface area contributed by atoms with Crippen LogP contribution < -0.4 is 5.56 Å². The van der Waals surface area contributed by atoms with Gasteiger partial charge in [-0.25, -0.2) is 13.8 Å². The Morgan fingerprint density at radius 2 is 1.74 bits per heavy atom. The number of halogens is 2. The number of aromatic amines is 1. The molecular weight excluding hydrogens is 486 g/mol. The first-order valence-corrected chi connectivity index (χ1v) is 14.8. The second kappa shape index (κ2) is 9.36. The monoisotopic (exact) mass is 528 g/mol. The first-order valence-electron chi connectivity index (χ1n) is 14.8. The molecule has 0 aliphatic heterocycles. The van der Waals surface area contributed by atoms with Crippen LogP contribution in [0.15, 0.2) is 16.9 Å². The van der Waals surface area contributed by atoms with Crippen molar-refractivity contribution in [2.45, 2.75) is 97.2 Å². The molecule has 4 aliphatic carbocycles. The van der Waals surface area contributed by atoms with Crippen LogP contribution in [0.2, 0.25) is 0 Å². The quantitative estimate of drug-likeness (QED) is 0.471. The highest BCUT2D eigenvalue weighted by Crippen LogP contribution is 2.68. The van der Waals surface area contributed by atoms with Gasteiger partial charge in [-0.05, 0) is 110 Å². The van der Waals surface area contributed by atoms with Gasteiger partial charge in [0.15, 0.2) is 11.6 Å². The van der Waals surface area contributed by atoms with E-state index in [0.717, 1.165) is 63.5 Å². The summed E-state index contributed by atoms with van der Waals surface area (Å²) in [4.78, 5) is 19.7. The van der Waals surface area contributed by atoms with Crippen molar-refractivity contribution in [2.24, 2.45) is 46.3 Å². The summed E-state index contributed by atoms with van der Waals surface area (Å²) in [6, 6.07) is 1.91. The molecule has 0 saturated heterocycles. The summed E-state index contributed by atoms with van der Waals surface area (Å²) in [5.41, 5.74) is 0.166. The molecule has 1 heterocycles. The summed E-state index contributed by atoms with van der Waals surface area (Å²) < 4.78 is 27.3. The van der Waals surface area contributed by atoms with Crippen LogP contribution in [0.4, 0.5) is 8.78 Å². The lowest BCUT2D eigenvalue weighted by Gasteiger charge is -2.62. The number of hydrogen-bond acceptors (Lipinski definition) is 4. The fourth-order valence-corrected chi connectivity index (χ4v) is 10.0. The molecule has 38 heavy (non-hydrogen) atoms. The van der Waals surface area contributed by atoms with Gasteiger partial charge in [0.1, 0.15) is 5.82 Å². The Morgan fingerprint density at radius 3 is 2.53 bits per heavy atom. The highest BCUT2D eigenvalue weighted by molar-refractivity contribution is 5.77. The molecule has 4 fully saturated rings. The maximum atomic E-state index is 13.8. The van der Waals surface area contributed by atoms with Gasteiger partial charge in [0.2, 0.25) is 0 Å². The predicted molar refractivity (Wildman–Crippen MR) is 142 cm³/mol. The molecule has 1 unspecified atom stereocenters. The summed E-state index contributed by atoms with van der Waals surface area (Å²) >= 11 is 0. The van der Waals surface area contributed by atoms with E-state index in [9.17, 15) is 23.8 Å². The van der Waals surface area contributed by atoms with Gasteiger partial charge in [0, 0.05) is 12.5 Å². The van der Waals surface area contributed by atoms with Gasteiger partial charge < -0.3 is 15.2 Å². The zero-order valence-corrected chi connectivity index (χ0v) is 22.9. The Labute approximate surface area is 223 Å². The number of aromatic nitrogens is 2. The number of aryl methyl sites for hydroxylation is 1. The molecule has 0 spiro atoms. The van der Waals surface area contributed by atoms with Crippen LogP contribution in [0.25, 0.3) is 10.9 Å². The van der Waals surface area contributed by atoms with E-state index in [4.69, 9.17) is 0 Å². The maximum Gasteiger partial charge on any atom is 0.258 e. The van der Waals surface area contributed by atoms with E-state index in [1.165, 1.54) is 6.42 Å². The predicted octanol–water partition coefficient (Wildman–Crippen LogP) is 5.76. The number of nitrogens with zero attached hydrogens (tertiary/aromatic N) is 1. The smallest absolute Gasteiger partial charge is 0.258 e. The second-order valence-electron chi connectivity index (χ2n) is 13.8.